The molecule has 0 aromatic carbocycles. The van der Waals surface area contributed by atoms with Gasteiger partial charge in [0.05, 0.1) is 13.2 Å². The van der Waals surface area contributed by atoms with Gasteiger partial charge in [0.15, 0.2) is 0 Å². The molecule has 0 bridgehead atoms. The van der Waals surface area contributed by atoms with Crippen LogP contribution in [0.15, 0.2) is 0 Å². The third-order valence-corrected chi connectivity index (χ3v) is 1.97. The van der Waals surface area contributed by atoms with E-state index in [1.165, 1.54) is 0 Å². The van der Waals surface area contributed by atoms with Crippen molar-refractivity contribution in [3.63, 3.8) is 0 Å². The van der Waals surface area contributed by atoms with Crippen molar-refractivity contribution in [2.24, 2.45) is 0 Å². The second-order valence-corrected chi connectivity index (χ2v) is 2.84. The number of rotatable bonds is 2. The lowest BCUT2D eigenvalue weighted by atomic mass is 10.2. The monoisotopic (exact) mass is 165 g/mol. The van der Waals surface area contributed by atoms with Gasteiger partial charge < -0.3 is 4.74 Å². The van der Waals surface area contributed by atoms with Crippen molar-refractivity contribution < 1.29 is 13.5 Å². The van der Waals surface area contributed by atoms with Crippen molar-refractivity contribution in [2.75, 3.05) is 26.8 Å². The molecule has 66 valence electrons. The van der Waals surface area contributed by atoms with E-state index in [2.05, 4.69) is 0 Å². The standard InChI is InChI=1S/C7H13F2NO/c1-10-2-3-11-5-6(10)4-7(8)9/h6-7H,2-5H2,1H3. The van der Waals surface area contributed by atoms with E-state index in [0.717, 1.165) is 6.54 Å². The van der Waals surface area contributed by atoms with Crippen molar-refractivity contribution in [3.8, 4) is 0 Å². The maximum atomic E-state index is 11.9. The van der Waals surface area contributed by atoms with Gasteiger partial charge in [0.1, 0.15) is 0 Å². The predicted octanol–water partition coefficient (Wildman–Crippen LogP) is 0.972. The Hall–Kier alpha value is -0.220. The molecule has 11 heavy (non-hydrogen) atoms. The Balaban J connectivity index is 2.29. The zero-order valence-corrected chi connectivity index (χ0v) is 6.59. The molecule has 1 unspecified atom stereocenters. The van der Waals surface area contributed by atoms with Crippen molar-refractivity contribution >= 4 is 0 Å². The van der Waals surface area contributed by atoms with E-state index >= 15 is 0 Å². The van der Waals surface area contributed by atoms with Gasteiger partial charge in [-0.15, -0.1) is 0 Å². The van der Waals surface area contributed by atoms with E-state index in [4.69, 9.17) is 4.74 Å². The average molecular weight is 165 g/mol. The first-order chi connectivity index (χ1) is 5.20. The van der Waals surface area contributed by atoms with Gasteiger partial charge >= 0.3 is 0 Å². The first-order valence-electron chi connectivity index (χ1n) is 3.76. The molecular weight excluding hydrogens is 152 g/mol. The molecule has 1 aliphatic rings. The van der Waals surface area contributed by atoms with Crippen LogP contribution >= 0.6 is 0 Å². The van der Waals surface area contributed by atoms with Gasteiger partial charge in [0, 0.05) is 19.0 Å². The van der Waals surface area contributed by atoms with Gasteiger partial charge in [0.25, 0.3) is 0 Å². The molecule has 0 saturated carbocycles. The number of hydrogen-bond acceptors (Lipinski definition) is 2. The van der Waals surface area contributed by atoms with E-state index in [1.54, 1.807) is 0 Å². The summed E-state index contributed by atoms with van der Waals surface area (Å²) in [5, 5.41) is 0. The Kier molecular flexibility index (Phi) is 3.20. The molecule has 1 aliphatic heterocycles. The molecule has 1 atom stereocenters. The molecule has 0 aliphatic carbocycles. The minimum Gasteiger partial charge on any atom is -0.378 e. The molecule has 1 rings (SSSR count). The molecule has 1 fully saturated rings. The van der Waals surface area contributed by atoms with Crippen LogP contribution in [-0.4, -0.2) is 44.2 Å². The van der Waals surface area contributed by atoms with Crippen molar-refractivity contribution in [3.05, 3.63) is 0 Å². The number of hydrogen-bond donors (Lipinski definition) is 0. The number of likely N-dealkylation sites (N-methyl/N-ethyl adjacent to an activating group) is 1. The van der Waals surface area contributed by atoms with Gasteiger partial charge in [-0.2, -0.15) is 0 Å². The number of ether oxygens (including phenoxy) is 1. The number of alkyl halides is 2. The van der Waals surface area contributed by atoms with Crippen LogP contribution in [0.3, 0.4) is 0 Å². The third kappa shape index (κ3) is 2.71. The summed E-state index contributed by atoms with van der Waals surface area (Å²) in [7, 11) is 1.86. The minimum atomic E-state index is -2.22. The van der Waals surface area contributed by atoms with Gasteiger partial charge in [-0.05, 0) is 7.05 Å². The Morgan fingerprint density at radius 3 is 2.91 bits per heavy atom. The van der Waals surface area contributed by atoms with Crippen LogP contribution in [0, 0.1) is 0 Å². The molecule has 0 N–H and O–H groups in total. The minimum absolute atomic E-state index is 0.0729. The lowest BCUT2D eigenvalue weighted by Gasteiger charge is -2.31. The molecule has 0 aromatic heterocycles. The highest BCUT2D eigenvalue weighted by Crippen LogP contribution is 2.12. The smallest absolute Gasteiger partial charge is 0.240 e. The average Bonchev–Trinajstić information content (AvgIpc) is 1.93. The first-order valence-corrected chi connectivity index (χ1v) is 3.76. The highest BCUT2D eigenvalue weighted by molar-refractivity contribution is 4.72. The SMILES string of the molecule is CN1CCOCC1CC(F)F. The van der Waals surface area contributed by atoms with Crippen molar-refractivity contribution in [1.82, 2.24) is 4.90 Å². The summed E-state index contributed by atoms with van der Waals surface area (Å²) in [6.07, 6.45) is -2.29. The Labute approximate surface area is 65.1 Å². The van der Waals surface area contributed by atoms with Crippen molar-refractivity contribution in [2.45, 2.75) is 18.9 Å². The van der Waals surface area contributed by atoms with Crippen LogP contribution in [-0.2, 0) is 4.74 Å². The molecule has 4 heteroatoms. The van der Waals surface area contributed by atoms with E-state index in [-0.39, 0.29) is 12.5 Å². The number of halogens is 2. The van der Waals surface area contributed by atoms with Gasteiger partial charge in [-0.25, -0.2) is 8.78 Å². The largest absolute Gasteiger partial charge is 0.378 e. The summed E-state index contributed by atoms with van der Waals surface area (Å²) in [6, 6.07) is -0.0938. The van der Waals surface area contributed by atoms with Crippen LogP contribution in [0.4, 0.5) is 8.78 Å². The quantitative estimate of drug-likeness (QED) is 0.604. The molecule has 0 spiro atoms. The molecular formula is C7H13F2NO. The van der Waals surface area contributed by atoms with Gasteiger partial charge in [-0.1, -0.05) is 0 Å². The lowest BCUT2D eigenvalue weighted by molar-refractivity contribution is -0.0193. The summed E-state index contributed by atoms with van der Waals surface area (Å²) >= 11 is 0. The fourth-order valence-electron chi connectivity index (χ4n) is 1.19. The van der Waals surface area contributed by atoms with Crippen LogP contribution in [0.25, 0.3) is 0 Å². The lowest BCUT2D eigenvalue weighted by Crippen LogP contribution is -2.43. The molecule has 0 aromatic rings. The summed E-state index contributed by atoms with van der Waals surface area (Å²) in [5.41, 5.74) is 0. The summed E-state index contributed by atoms with van der Waals surface area (Å²) in [4.78, 5) is 1.93. The first kappa shape index (κ1) is 8.87. The van der Waals surface area contributed by atoms with E-state index in [9.17, 15) is 8.78 Å². The normalized spacial score (nSPS) is 27.8. The number of nitrogens with zero attached hydrogens (tertiary/aromatic N) is 1. The van der Waals surface area contributed by atoms with E-state index in [0.29, 0.717) is 13.2 Å². The molecule has 1 heterocycles. The third-order valence-electron chi connectivity index (χ3n) is 1.97. The van der Waals surface area contributed by atoms with E-state index < -0.39 is 6.43 Å². The maximum Gasteiger partial charge on any atom is 0.240 e. The zero-order chi connectivity index (χ0) is 8.27. The Morgan fingerprint density at radius 2 is 2.36 bits per heavy atom. The fourth-order valence-corrected chi connectivity index (χ4v) is 1.19. The molecule has 0 radical (unpaired) electrons. The molecule has 2 nitrogen and oxygen atoms in total. The van der Waals surface area contributed by atoms with Crippen LogP contribution in [0.1, 0.15) is 6.42 Å². The predicted molar refractivity (Wildman–Crippen MR) is 37.9 cm³/mol. The summed E-state index contributed by atoms with van der Waals surface area (Å²) in [5.74, 6) is 0. The topological polar surface area (TPSA) is 12.5 Å². The zero-order valence-electron chi connectivity index (χ0n) is 6.59. The van der Waals surface area contributed by atoms with Crippen molar-refractivity contribution in [1.29, 1.82) is 0 Å². The van der Waals surface area contributed by atoms with Crippen LogP contribution in [0.2, 0.25) is 0 Å². The highest BCUT2D eigenvalue weighted by atomic mass is 19.3. The van der Waals surface area contributed by atoms with Crippen LogP contribution < -0.4 is 0 Å². The van der Waals surface area contributed by atoms with Crippen LogP contribution in [0.5, 0.6) is 0 Å². The maximum absolute atomic E-state index is 11.9. The fraction of sp³-hybridized carbons (Fsp3) is 1.00. The van der Waals surface area contributed by atoms with E-state index in [1.807, 2.05) is 11.9 Å². The molecule has 1 saturated heterocycles. The second-order valence-electron chi connectivity index (χ2n) is 2.84. The summed E-state index contributed by atoms with van der Waals surface area (Å²) < 4.78 is 28.9. The van der Waals surface area contributed by atoms with Gasteiger partial charge in [-0.3, -0.25) is 4.90 Å². The highest BCUT2D eigenvalue weighted by Gasteiger charge is 2.22. The Morgan fingerprint density at radius 1 is 1.64 bits per heavy atom. The summed E-state index contributed by atoms with van der Waals surface area (Å²) in [6.45, 7) is 1.87. The number of morpholine rings is 1. The molecule has 0 amide bonds. The Bertz CT molecular complexity index is 121. The van der Waals surface area contributed by atoms with Gasteiger partial charge in [0.2, 0.25) is 6.43 Å². The second kappa shape index (κ2) is 3.97.